The summed E-state index contributed by atoms with van der Waals surface area (Å²) in [6.45, 7) is 8.38. The highest BCUT2D eigenvalue weighted by molar-refractivity contribution is 4.79. The van der Waals surface area contributed by atoms with Crippen molar-refractivity contribution in [3.05, 3.63) is 0 Å². The van der Waals surface area contributed by atoms with E-state index in [0.29, 0.717) is 5.92 Å². The molecule has 0 unspecified atom stereocenters. The highest BCUT2D eigenvalue weighted by atomic mass is 16.3. The zero-order valence-corrected chi connectivity index (χ0v) is 9.87. The van der Waals surface area contributed by atoms with Crippen molar-refractivity contribution < 1.29 is 5.11 Å². The van der Waals surface area contributed by atoms with Crippen LogP contribution in [0.25, 0.3) is 0 Å². The quantitative estimate of drug-likeness (QED) is 0.734. The molecule has 1 aliphatic rings. The minimum Gasteiger partial charge on any atom is -0.392 e. The first kappa shape index (κ1) is 12.0. The van der Waals surface area contributed by atoms with Gasteiger partial charge in [0.15, 0.2) is 0 Å². The predicted octanol–water partition coefficient (Wildman–Crippen LogP) is 2.27. The Morgan fingerprint density at radius 2 is 1.71 bits per heavy atom. The Morgan fingerprint density at radius 1 is 1.14 bits per heavy atom. The third-order valence-electron chi connectivity index (χ3n) is 2.94. The predicted molar refractivity (Wildman–Crippen MR) is 60.3 cm³/mol. The van der Waals surface area contributed by atoms with Crippen LogP contribution in [0.2, 0.25) is 0 Å². The summed E-state index contributed by atoms with van der Waals surface area (Å²) < 4.78 is 0. The molecule has 1 N–H and O–H groups in total. The second kappa shape index (κ2) is 5.72. The Kier molecular flexibility index (Phi) is 4.90. The molecule has 0 amide bonds. The van der Waals surface area contributed by atoms with Gasteiger partial charge in [-0.25, -0.2) is 0 Å². The van der Waals surface area contributed by atoms with E-state index < -0.39 is 0 Å². The van der Waals surface area contributed by atoms with E-state index in [4.69, 9.17) is 0 Å². The molecule has 0 aromatic rings. The van der Waals surface area contributed by atoms with Gasteiger partial charge >= 0.3 is 0 Å². The molecule has 84 valence electrons. The van der Waals surface area contributed by atoms with Crippen molar-refractivity contribution in [1.29, 1.82) is 0 Å². The van der Waals surface area contributed by atoms with Crippen LogP contribution >= 0.6 is 0 Å². The van der Waals surface area contributed by atoms with Crippen molar-refractivity contribution in [1.82, 2.24) is 4.90 Å². The van der Waals surface area contributed by atoms with Crippen molar-refractivity contribution in [2.75, 3.05) is 13.1 Å². The summed E-state index contributed by atoms with van der Waals surface area (Å²) in [7, 11) is 0. The maximum atomic E-state index is 9.45. The summed E-state index contributed by atoms with van der Waals surface area (Å²) in [5.74, 6) is 0.703. The lowest BCUT2D eigenvalue weighted by atomic mass is 10.1. The lowest BCUT2D eigenvalue weighted by Gasteiger charge is -2.31. The number of aliphatic hydroxyl groups excluding tert-OH is 1. The highest BCUT2D eigenvalue weighted by Gasteiger charge is 2.23. The Morgan fingerprint density at radius 3 is 2.14 bits per heavy atom. The van der Waals surface area contributed by atoms with Crippen LogP contribution in [0.1, 0.15) is 46.5 Å². The summed E-state index contributed by atoms with van der Waals surface area (Å²) >= 11 is 0. The summed E-state index contributed by atoms with van der Waals surface area (Å²) in [4.78, 5) is 2.49. The average molecular weight is 199 g/mol. The summed E-state index contributed by atoms with van der Waals surface area (Å²) in [5, 5.41) is 9.45. The molecule has 0 heterocycles. The van der Waals surface area contributed by atoms with Crippen LogP contribution in [-0.4, -0.2) is 35.2 Å². The third-order valence-corrected chi connectivity index (χ3v) is 2.94. The van der Waals surface area contributed by atoms with Crippen molar-refractivity contribution >= 4 is 0 Å². The molecule has 2 nitrogen and oxygen atoms in total. The van der Waals surface area contributed by atoms with Gasteiger partial charge in [0.05, 0.1) is 6.10 Å². The minimum absolute atomic E-state index is 0.186. The van der Waals surface area contributed by atoms with E-state index in [-0.39, 0.29) is 6.10 Å². The number of hydrogen-bond acceptors (Lipinski definition) is 2. The van der Waals surface area contributed by atoms with Crippen molar-refractivity contribution in [2.24, 2.45) is 5.92 Å². The molecule has 0 aliphatic heterocycles. The molecule has 1 saturated carbocycles. The fourth-order valence-electron chi connectivity index (χ4n) is 2.45. The second-order valence-electron chi connectivity index (χ2n) is 5.14. The van der Waals surface area contributed by atoms with Gasteiger partial charge in [-0.3, -0.25) is 4.90 Å². The average Bonchev–Trinajstić information content (AvgIpc) is 2.52. The first-order valence-corrected chi connectivity index (χ1v) is 6.01. The molecule has 14 heavy (non-hydrogen) atoms. The lowest BCUT2D eigenvalue weighted by Crippen LogP contribution is -2.40. The van der Waals surface area contributed by atoms with Crippen molar-refractivity contribution in [3.63, 3.8) is 0 Å². The second-order valence-corrected chi connectivity index (χ2v) is 5.14. The van der Waals surface area contributed by atoms with Gasteiger partial charge in [-0.05, 0) is 25.7 Å². The van der Waals surface area contributed by atoms with Crippen LogP contribution in [0.15, 0.2) is 0 Å². The fraction of sp³-hybridized carbons (Fsp3) is 1.00. The van der Waals surface area contributed by atoms with Crippen LogP contribution in [0.4, 0.5) is 0 Å². The molecule has 0 aromatic carbocycles. The largest absolute Gasteiger partial charge is 0.392 e. The summed E-state index contributed by atoms with van der Waals surface area (Å²) in [5.41, 5.74) is 0. The van der Waals surface area contributed by atoms with Gasteiger partial charge in [0.2, 0.25) is 0 Å². The van der Waals surface area contributed by atoms with E-state index in [9.17, 15) is 5.11 Å². The number of hydrogen-bond donors (Lipinski definition) is 1. The van der Waals surface area contributed by atoms with Crippen molar-refractivity contribution in [3.8, 4) is 0 Å². The van der Waals surface area contributed by atoms with Gasteiger partial charge in [-0.2, -0.15) is 0 Å². The third kappa shape index (κ3) is 3.97. The van der Waals surface area contributed by atoms with E-state index in [1.54, 1.807) is 0 Å². The number of rotatable bonds is 5. The number of nitrogens with zero attached hydrogens (tertiary/aromatic N) is 1. The molecule has 0 spiro atoms. The number of aliphatic hydroxyl groups is 1. The van der Waals surface area contributed by atoms with Crippen LogP contribution in [0.5, 0.6) is 0 Å². The van der Waals surface area contributed by atoms with Crippen LogP contribution in [0.3, 0.4) is 0 Å². The fourth-order valence-corrected chi connectivity index (χ4v) is 2.45. The molecule has 2 heteroatoms. The first-order chi connectivity index (χ1) is 6.59. The van der Waals surface area contributed by atoms with Gasteiger partial charge < -0.3 is 5.11 Å². The van der Waals surface area contributed by atoms with E-state index in [0.717, 1.165) is 19.1 Å². The molecule has 1 fully saturated rings. The summed E-state index contributed by atoms with van der Waals surface area (Å²) in [6, 6.07) is 0.743. The molecule has 0 bridgehead atoms. The van der Waals surface area contributed by atoms with Gasteiger partial charge in [0.1, 0.15) is 0 Å². The zero-order chi connectivity index (χ0) is 10.6. The zero-order valence-electron chi connectivity index (χ0n) is 9.87. The van der Waals surface area contributed by atoms with Crippen LogP contribution in [-0.2, 0) is 0 Å². The molecule has 1 rings (SSSR count). The van der Waals surface area contributed by atoms with Gasteiger partial charge in [0, 0.05) is 19.1 Å². The van der Waals surface area contributed by atoms with E-state index in [2.05, 4.69) is 18.7 Å². The van der Waals surface area contributed by atoms with Crippen molar-refractivity contribution in [2.45, 2.75) is 58.6 Å². The lowest BCUT2D eigenvalue weighted by molar-refractivity contribution is 0.0902. The molecular formula is C12H25NO. The topological polar surface area (TPSA) is 23.5 Å². The first-order valence-electron chi connectivity index (χ1n) is 6.01. The van der Waals surface area contributed by atoms with E-state index in [1.165, 1.54) is 25.7 Å². The summed E-state index contributed by atoms with van der Waals surface area (Å²) in [6.07, 6.45) is 5.23. The molecular weight excluding hydrogens is 174 g/mol. The van der Waals surface area contributed by atoms with E-state index in [1.807, 2.05) is 6.92 Å². The maximum absolute atomic E-state index is 9.45. The SMILES string of the molecule is CC(C)CN(C[C@H](C)O)C1CCCC1. The Labute approximate surface area is 88.3 Å². The van der Waals surface area contributed by atoms with Gasteiger partial charge in [-0.15, -0.1) is 0 Å². The molecule has 1 aliphatic carbocycles. The Bertz CT molecular complexity index is 140. The molecule has 0 radical (unpaired) electrons. The van der Waals surface area contributed by atoms with Crippen LogP contribution in [0, 0.1) is 5.92 Å². The standard InChI is InChI=1S/C12H25NO/c1-10(2)8-13(9-11(3)14)12-6-4-5-7-12/h10-12,14H,4-9H2,1-3H3/t11-/m0/s1. The van der Waals surface area contributed by atoms with Crippen LogP contribution < -0.4 is 0 Å². The molecule has 0 saturated heterocycles. The normalized spacial score (nSPS) is 21.0. The minimum atomic E-state index is -0.186. The Hall–Kier alpha value is -0.0800. The smallest absolute Gasteiger partial charge is 0.0639 e. The van der Waals surface area contributed by atoms with Gasteiger partial charge in [0.25, 0.3) is 0 Å². The van der Waals surface area contributed by atoms with Gasteiger partial charge in [-0.1, -0.05) is 26.7 Å². The monoisotopic (exact) mass is 199 g/mol. The maximum Gasteiger partial charge on any atom is 0.0639 e. The van der Waals surface area contributed by atoms with E-state index >= 15 is 0 Å². The molecule has 1 atom stereocenters. The molecule has 0 aromatic heterocycles. The Balaban J connectivity index is 2.42. The highest BCUT2D eigenvalue weighted by Crippen LogP contribution is 2.24.